The van der Waals surface area contributed by atoms with Gasteiger partial charge >= 0.3 is 5.97 Å². The average molecular weight is 272 g/mol. The van der Waals surface area contributed by atoms with Crippen LogP contribution in [0.4, 0.5) is 0 Å². The second-order valence-corrected chi connectivity index (χ2v) is 5.53. The van der Waals surface area contributed by atoms with E-state index >= 15 is 0 Å². The van der Waals surface area contributed by atoms with Crippen molar-refractivity contribution in [2.75, 3.05) is 6.61 Å². The number of carbonyl (C=O) groups is 1. The molecule has 0 N–H and O–H groups in total. The molecule has 2 bridgehead atoms. The number of hydrogen-bond acceptors (Lipinski definition) is 4. The maximum absolute atomic E-state index is 12.0. The molecule has 2 aliphatic rings. The summed E-state index contributed by atoms with van der Waals surface area (Å²) in [7, 11) is 5.84. The second-order valence-electron chi connectivity index (χ2n) is 5.53. The van der Waals surface area contributed by atoms with E-state index in [1.54, 1.807) is 0 Å². The van der Waals surface area contributed by atoms with E-state index in [9.17, 15) is 4.79 Å². The topological polar surface area (TPSA) is 44.8 Å². The van der Waals surface area contributed by atoms with Gasteiger partial charge in [-0.3, -0.25) is 4.79 Å². The lowest BCUT2D eigenvalue weighted by Crippen LogP contribution is -2.40. The van der Waals surface area contributed by atoms with Crippen LogP contribution in [-0.4, -0.2) is 38.1 Å². The number of hydrogen-bond donors (Lipinski definition) is 0. The molecule has 5 heteroatoms. The first kappa shape index (κ1) is 13.6. The molecule has 0 spiro atoms. The van der Waals surface area contributed by atoms with Crippen molar-refractivity contribution in [3.05, 3.63) is 35.9 Å². The molecule has 2 fully saturated rings. The van der Waals surface area contributed by atoms with Crippen LogP contribution < -0.4 is 0 Å². The molecule has 2 heterocycles. The lowest BCUT2D eigenvalue weighted by Gasteiger charge is -2.29. The first-order valence-electron chi connectivity index (χ1n) is 6.85. The van der Waals surface area contributed by atoms with E-state index in [4.69, 9.17) is 22.1 Å². The SMILES string of the molecule is [B][C@@H]1O[C@@]2(CC(=O)OCc3ccccc3)COC1[C@H]2C. The molecule has 0 aliphatic carbocycles. The molecular formula is C15H17BO4. The van der Waals surface area contributed by atoms with E-state index in [1.807, 2.05) is 37.3 Å². The minimum atomic E-state index is -0.613. The van der Waals surface area contributed by atoms with Crippen LogP contribution in [0.25, 0.3) is 0 Å². The highest BCUT2D eigenvalue weighted by Crippen LogP contribution is 2.45. The van der Waals surface area contributed by atoms with Crippen LogP contribution in [0, 0.1) is 5.92 Å². The number of rotatable bonds is 4. The molecule has 1 aromatic rings. The van der Waals surface area contributed by atoms with Crippen LogP contribution in [0.1, 0.15) is 18.9 Å². The van der Waals surface area contributed by atoms with Crippen molar-refractivity contribution in [3.8, 4) is 0 Å². The zero-order valence-electron chi connectivity index (χ0n) is 11.5. The highest BCUT2D eigenvalue weighted by Gasteiger charge is 2.58. The van der Waals surface area contributed by atoms with Gasteiger partial charge in [-0.1, -0.05) is 37.3 Å². The van der Waals surface area contributed by atoms with E-state index in [0.29, 0.717) is 6.61 Å². The van der Waals surface area contributed by atoms with Gasteiger partial charge in [0.15, 0.2) is 0 Å². The number of benzene rings is 1. The molecule has 1 aromatic carbocycles. The molecule has 3 rings (SSSR count). The maximum Gasteiger partial charge on any atom is 0.309 e. The van der Waals surface area contributed by atoms with Gasteiger partial charge in [-0.05, 0) is 5.56 Å². The van der Waals surface area contributed by atoms with Gasteiger partial charge in [0, 0.05) is 11.9 Å². The molecule has 0 amide bonds. The van der Waals surface area contributed by atoms with Crippen molar-refractivity contribution < 1.29 is 19.0 Å². The largest absolute Gasteiger partial charge is 0.461 e. The van der Waals surface area contributed by atoms with E-state index in [2.05, 4.69) is 0 Å². The van der Waals surface area contributed by atoms with Crippen LogP contribution in [0.15, 0.2) is 30.3 Å². The fourth-order valence-corrected chi connectivity index (χ4v) is 2.96. The smallest absolute Gasteiger partial charge is 0.309 e. The number of carbonyl (C=O) groups excluding carboxylic acids is 1. The Morgan fingerprint density at radius 3 is 2.80 bits per heavy atom. The zero-order chi connectivity index (χ0) is 14.2. The predicted octanol–water partition coefficient (Wildman–Crippen LogP) is 1.42. The highest BCUT2D eigenvalue weighted by molar-refractivity contribution is 6.11. The molecule has 0 saturated carbocycles. The Balaban J connectivity index is 1.57. The van der Waals surface area contributed by atoms with Crippen LogP contribution in [-0.2, 0) is 25.6 Å². The number of ether oxygens (including phenoxy) is 3. The Labute approximate surface area is 119 Å². The summed E-state index contributed by atoms with van der Waals surface area (Å²) in [5.41, 5.74) is 0.355. The van der Waals surface area contributed by atoms with Crippen LogP contribution >= 0.6 is 0 Å². The fourth-order valence-electron chi connectivity index (χ4n) is 2.96. The summed E-state index contributed by atoms with van der Waals surface area (Å²) in [4.78, 5) is 12.0. The summed E-state index contributed by atoms with van der Waals surface area (Å²) in [6.45, 7) is 2.70. The minimum absolute atomic E-state index is 0.113. The van der Waals surface area contributed by atoms with E-state index in [-0.39, 0.29) is 31.0 Å². The predicted molar refractivity (Wildman–Crippen MR) is 73.1 cm³/mol. The van der Waals surface area contributed by atoms with Crippen LogP contribution in [0.3, 0.4) is 0 Å². The van der Waals surface area contributed by atoms with Gasteiger partial charge < -0.3 is 14.2 Å². The number of esters is 1. The molecule has 1 unspecified atom stereocenters. The molecule has 4 nitrogen and oxygen atoms in total. The summed E-state index contributed by atoms with van der Waals surface area (Å²) in [6.07, 6.45) is 0.0718. The maximum atomic E-state index is 12.0. The zero-order valence-corrected chi connectivity index (χ0v) is 11.5. The van der Waals surface area contributed by atoms with Crippen molar-refractivity contribution in [2.45, 2.75) is 37.7 Å². The Morgan fingerprint density at radius 1 is 1.45 bits per heavy atom. The average Bonchev–Trinajstić information content (AvgIpc) is 2.86. The lowest BCUT2D eigenvalue weighted by molar-refractivity contribution is -0.160. The third-order valence-electron chi connectivity index (χ3n) is 4.22. The molecule has 2 saturated heterocycles. The summed E-state index contributed by atoms with van der Waals surface area (Å²) in [5, 5.41) is 0. The van der Waals surface area contributed by atoms with E-state index in [1.165, 1.54) is 0 Å². The summed E-state index contributed by atoms with van der Waals surface area (Å²) >= 11 is 0. The quantitative estimate of drug-likeness (QED) is 0.614. The monoisotopic (exact) mass is 272 g/mol. The first-order chi connectivity index (χ1) is 9.61. The third-order valence-corrected chi connectivity index (χ3v) is 4.22. The Bertz CT molecular complexity index is 492. The Morgan fingerprint density at radius 2 is 2.20 bits per heavy atom. The van der Waals surface area contributed by atoms with E-state index in [0.717, 1.165) is 5.56 Å². The lowest BCUT2D eigenvalue weighted by atomic mass is 9.84. The van der Waals surface area contributed by atoms with Gasteiger partial charge in [-0.2, -0.15) is 0 Å². The summed E-state index contributed by atoms with van der Waals surface area (Å²) in [6, 6.07) is 9.16. The molecular weight excluding hydrogens is 255 g/mol. The van der Waals surface area contributed by atoms with Crippen LogP contribution in [0.2, 0.25) is 0 Å². The van der Waals surface area contributed by atoms with Gasteiger partial charge in [0.05, 0.1) is 19.1 Å². The standard InChI is InChI=1S/C15H17BO4/c1-10-13-14(16)20-15(10,9-19-13)7-12(17)18-8-11-5-3-2-4-6-11/h2-6,10,13-14H,7-9H2,1H3/t10-,13?,14-,15+/m1/s1. The summed E-state index contributed by atoms with van der Waals surface area (Å²) < 4.78 is 16.6. The molecule has 2 radical (unpaired) electrons. The van der Waals surface area contributed by atoms with Gasteiger partial charge in [-0.15, -0.1) is 0 Å². The van der Waals surface area contributed by atoms with Crippen LogP contribution in [0.5, 0.6) is 0 Å². The fraction of sp³-hybridized carbons (Fsp3) is 0.533. The van der Waals surface area contributed by atoms with Crippen molar-refractivity contribution in [1.29, 1.82) is 0 Å². The van der Waals surface area contributed by atoms with Crippen molar-refractivity contribution in [1.82, 2.24) is 0 Å². The van der Waals surface area contributed by atoms with E-state index < -0.39 is 11.6 Å². The molecule has 20 heavy (non-hydrogen) atoms. The third kappa shape index (κ3) is 2.36. The normalized spacial score (nSPS) is 35.1. The summed E-state index contributed by atoms with van der Waals surface area (Å²) in [5.74, 6) is -0.166. The van der Waals surface area contributed by atoms with Gasteiger partial charge in [0.25, 0.3) is 0 Å². The highest BCUT2D eigenvalue weighted by atomic mass is 16.6. The Hall–Kier alpha value is -1.33. The van der Waals surface area contributed by atoms with Gasteiger partial charge in [-0.25, -0.2) is 0 Å². The molecule has 2 aliphatic heterocycles. The molecule has 0 aromatic heterocycles. The molecule has 4 atom stereocenters. The first-order valence-corrected chi connectivity index (χ1v) is 6.85. The van der Waals surface area contributed by atoms with Crippen molar-refractivity contribution >= 4 is 13.8 Å². The molecule has 104 valence electrons. The van der Waals surface area contributed by atoms with Gasteiger partial charge in [0.2, 0.25) is 0 Å². The minimum Gasteiger partial charge on any atom is -0.461 e. The number of fused-ring (bicyclic) bond motifs is 2. The van der Waals surface area contributed by atoms with Crippen molar-refractivity contribution in [3.63, 3.8) is 0 Å². The van der Waals surface area contributed by atoms with Gasteiger partial charge in [0.1, 0.15) is 20.1 Å². The Kier molecular flexibility index (Phi) is 3.56. The second kappa shape index (κ2) is 5.22. The van der Waals surface area contributed by atoms with Crippen molar-refractivity contribution in [2.24, 2.45) is 5.92 Å².